The van der Waals surface area contributed by atoms with Gasteiger partial charge in [-0.05, 0) is 25.1 Å². The van der Waals surface area contributed by atoms with Crippen molar-refractivity contribution >= 4 is 21.9 Å². The SMILES string of the molecule is CCOC(=O)C(F)(F)c1ccc(Br)cc1F. The van der Waals surface area contributed by atoms with Crippen LogP contribution in [0.25, 0.3) is 0 Å². The van der Waals surface area contributed by atoms with E-state index in [2.05, 4.69) is 20.7 Å². The molecule has 0 heterocycles. The van der Waals surface area contributed by atoms with E-state index in [0.717, 1.165) is 12.1 Å². The first kappa shape index (κ1) is 13.0. The molecule has 6 heteroatoms. The van der Waals surface area contributed by atoms with Crippen molar-refractivity contribution < 1.29 is 22.7 Å². The van der Waals surface area contributed by atoms with Crippen molar-refractivity contribution in [2.45, 2.75) is 12.8 Å². The van der Waals surface area contributed by atoms with Gasteiger partial charge in [0, 0.05) is 4.47 Å². The number of carbonyl (C=O) groups is 1. The Kier molecular flexibility index (Phi) is 3.96. The molecule has 0 N–H and O–H groups in total. The molecule has 1 rings (SSSR count). The van der Waals surface area contributed by atoms with Crippen molar-refractivity contribution in [1.29, 1.82) is 0 Å². The minimum Gasteiger partial charge on any atom is -0.461 e. The van der Waals surface area contributed by atoms with Crippen molar-refractivity contribution in [3.8, 4) is 0 Å². The van der Waals surface area contributed by atoms with Gasteiger partial charge >= 0.3 is 11.9 Å². The van der Waals surface area contributed by atoms with Crippen LogP contribution in [0.1, 0.15) is 12.5 Å². The molecule has 0 aliphatic carbocycles. The molecule has 88 valence electrons. The predicted molar refractivity (Wildman–Crippen MR) is 54.6 cm³/mol. The van der Waals surface area contributed by atoms with Gasteiger partial charge in [0.2, 0.25) is 0 Å². The van der Waals surface area contributed by atoms with Crippen LogP contribution >= 0.6 is 15.9 Å². The molecule has 0 spiro atoms. The molecule has 0 aliphatic rings. The summed E-state index contributed by atoms with van der Waals surface area (Å²) < 4.78 is 44.5. The summed E-state index contributed by atoms with van der Waals surface area (Å²) in [4.78, 5) is 11.0. The highest BCUT2D eigenvalue weighted by atomic mass is 79.9. The maximum Gasteiger partial charge on any atom is 0.382 e. The Bertz CT molecular complexity index is 407. The van der Waals surface area contributed by atoms with Gasteiger partial charge in [-0.1, -0.05) is 15.9 Å². The highest BCUT2D eigenvalue weighted by Crippen LogP contribution is 2.32. The van der Waals surface area contributed by atoms with Crippen molar-refractivity contribution in [2.24, 2.45) is 0 Å². The summed E-state index contributed by atoms with van der Waals surface area (Å²) in [6.45, 7) is 1.21. The molecular formula is C10H8BrF3O2. The molecule has 0 saturated heterocycles. The second kappa shape index (κ2) is 4.86. The van der Waals surface area contributed by atoms with Gasteiger partial charge in [0.25, 0.3) is 0 Å². The molecule has 0 fully saturated rings. The Hall–Kier alpha value is -1.04. The Morgan fingerprint density at radius 3 is 2.62 bits per heavy atom. The number of alkyl halides is 2. The van der Waals surface area contributed by atoms with Gasteiger partial charge in [0.05, 0.1) is 12.2 Å². The second-order valence-corrected chi connectivity index (χ2v) is 3.83. The molecule has 0 bridgehead atoms. The molecule has 0 saturated carbocycles. The van der Waals surface area contributed by atoms with Gasteiger partial charge in [-0.25, -0.2) is 9.18 Å². The maximum atomic E-state index is 13.4. The van der Waals surface area contributed by atoms with Gasteiger partial charge in [-0.2, -0.15) is 8.78 Å². The lowest BCUT2D eigenvalue weighted by molar-refractivity contribution is -0.173. The maximum absolute atomic E-state index is 13.4. The first-order chi connectivity index (χ1) is 7.39. The van der Waals surface area contributed by atoms with Crippen LogP contribution in [-0.2, 0) is 15.5 Å². The molecule has 0 atom stereocenters. The van der Waals surface area contributed by atoms with Crippen LogP contribution in [0.2, 0.25) is 0 Å². The van der Waals surface area contributed by atoms with Crippen molar-refractivity contribution in [1.82, 2.24) is 0 Å². The fraction of sp³-hybridized carbons (Fsp3) is 0.300. The molecular weight excluding hydrogens is 289 g/mol. The van der Waals surface area contributed by atoms with Crippen molar-refractivity contribution in [3.05, 3.63) is 34.1 Å². The number of rotatable bonds is 3. The van der Waals surface area contributed by atoms with E-state index in [9.17, 15) is 18.0 Å². The average Bonchev–Trinajstić information content (AvgIpc) is 2.17. The number of halogens is 4. The summed E-state index contributed by atoms with van der Waals surface area (Å²) in [6.07, 6.45) is 0. The van der Waals surface area contributed by atoms with Crippen LogP contribution in [0.4, 0.5) is 13.2 Å². The van der Waals surface area contributed by atoms with E-state index in [0.29, 0.717) is 4.47 Å². The van der Waals surface area contributed by atoms with E-state index in [4.69, 9.17) is 0 Å². The van der Waals surface area contributed by atoms with Crippen LogP contribution < -0.4 is 0 Å². The topological polar surface area (TPSA) is 26.3 Å². The Balaban J connectivity index is 3.11. The monoisotopic (exact) mass is 296 g/mol. The second-order valence-electron chi connectivity index (χ2n) is 2.92. The molecule has 0 aromatic heterocycles. The lowest BCUT2D eigenvalue weighted by Gasteiger charge is -2.15. The fourth-order valence-electron chi connectivity index (χ4n) is 1.08. The van der Waals surface area contributed by atoms with Gasteiger partial charge in [0.1, 0.15) is 5.82 Å². The molecule has 0 unspecified atom stereocenters. The van der Waals surface area contributed by atoms with Crippen LogP contribution in [0, 0.1) is 5.82 Å². The van der Waals surface area contributed by atoms with E-state index in [-0.39, 0.29) is 6.61 Å². The van der Waals surface area contributed by atoms with Gasteiger partial charge in [-0.15, -0.1) is 0 Å². The third-order valence-corrected chi connectivity index (χ3v) is 2.29. The normalized spacial score (nSPS) is 11.3. The lowest BCUT2D eigenvalue weighted by Crippen LogP contribution is -2.29. The van der Waals surface area contributed by atoms with Crippen LogP contribution in [0.3, 0.4) is 0 Å². The van der Waals surface area contributed by atoms with Crippen LogP contribution in [0.5, 0.6) is 0 Å². The number of esters is 1. The van der Waals surface area contributed by atoms with Crippen molar-refractivity contribution in [2.75, 3.05) is 6.61 Å². The molecule has 1 aromatic rings. The Morgan fingerprint density at radius 2 is 2.12 bits per heavy atom. The zero-order valence-electron chi connectivity index (χ0n) is 8.27. The fourth-order valence-corrected chi connectivity index (χ4v) is 1.41. The third-order valence-electron chi connectivity index (χ3n) is 1.80. The Labute approximate surface area is 98.5 Å². The summed E-state index contributed by atoms with van der Waals surface area (Å²) in [5.41, 5.74) is -0.992. The molecule has 0 radical (unpaired) electrons. The number of ether oxygens (including phenoxy) is 1. The average molecular weight is 297 g/mol. The van der Waals surface area contributed by atoms with E-state index in [1.807, 2.05) is 0 Å². The van der Waals surface area contributed by atoms with Crippen LogP contribution in [-0.4, -0.2) is 12.6 Å². The number of hydrogen-bond acceptors (Lipinski definition) is 2. The minimum absolute atomic E-state index is 0.188. The molecule has 0 amide bonds. The number of benzene rings is 1. The zero-order valence-corrected chi connectivity index (χ0v) is 9.85. The quantitative estimate of drug-likeness (QED) is 0.801. The van der Waals surface area contributed by atoms with E-state index >= 15 is 0 Å². The molecule has 1 aromatic carbocycles. The van der Waals surface area contributed by atoms with Gasteiger partial charge in [-0.3, -0.25) is 0 Å². The molecule has 16 heavy (non-hydrogen) atoms. The molecule has 2 nitrogen and oxygen atoms in total. The highest BCUT2D eigenvalue weighted by Gasteiger charge is 2.44. The summed E-state index contributed by atoms with van der Waals surface area (Å²) in [5, 5.41) is 0. The van der Waals surface area contributed by atoms with E-state index in [1.165, 1.54) is 13.0 Å². The van der Waals surface area contributed by atoms with Gasteiger partial charge < -0.3 is 4.74 Å². The van der Waals surface area contributed by atoms with Crippen molar-refractivity contribution in [3.63, 3.8) is 0 Å². The van der Waals surface area contributed by atoms with Crippen LogP contribution in [0.15, 0.2) is 22.7 Å². The lowest BCUT2D eigenvalue weighted by atomic mass is 10.1. The third kappa shape index (κ3) is 2.55. The number of carbonyl (C=O) groups excluding carboxylic acids is 1. The highest BCUT2D eigenvalue weighted by molar-refractivity contribution is 9.10. The summed E-state index contributed by atoms with van der Waals surface area (Å²) in [7, 11) is 0. The predicted octanol–water partition coefficient (Wildman–Crippen LogP) is 3.24. The zero-order chi connectivity index (χ0) is 12.3. The largest absolute Gasteiger partial charge is 0.461 e. The summed E-state index contributed by atoms with van der Waals surface area (Å²) >= 11 is 2.93. The van der Waals surface area contributed by atoms with E-state index in [1.54, 1.807) is 0 Å². The molecule has 0 aliphatic heterocycles. The summed E-state index contributed by atoms with van der Waals surface area (Å²) in [5.74, 6) is -6.88. The first-order valence-electron chi connectivity index (χ1n) is 4.40. The minimum atomic E-state index is -3.97. The number of hydrogen-bond donors (Lipinski definition) is 0. The Morgan fingerprint density at radius 1 is 1.50 bits per heavy atom. The van der Waals surface area contributed by atoms with Gasteiger partial charge in [0.15, 0.2) is 0 Å². The summed E-state index contributed by atoms with van der Waals surface area (Å²) in [6, 6.07) is 2.93. The van der Waals surface area contributed by atoms with E-state index < -0.39 is 23.3 Å². The smallest absolute Gasteiger partial charge is 0.382 e. The first-order valence-corrected chi connectivity index (χ1v) is 5.19. The standard InChI is InChI=1S/C10H8BrF3O2/c1-2-16-9(15)10(13,14)7-4-3-6(11)5-8(7)12/h3-5H,2H2,1H3.